The van der Waals surface area contributed by atoms with Crippen molar-refractivity contribution in [2.24, 2.45) is 0 Å². The first kappa shape index (κ1) is 23.3. The Morgan fingerprint density at radius 3 is 2.47 bits per heavy atom. The number of carbonyl (C=O) groups is 1. The molecule has 0 atom stereocenters. The van der Waals surface area contributed by atoms with Gasteiger partial charge in [-0.05, 0) is 81.4 Å². The minimum Gasteiger partial charge on any atom is -0.497 e. The first-order valence-corrected chi connectivity index (χ1v) is 11.5. The Kier molecular flexibility index (Phi) is 5.80. The summed E-state index contributed by atoms with van der Waals surface area (Å²) in [4.78, 5) is 17.7. The van der Waals surface area contributed by atoms with Crippen molar-refractivity contribution >= 4 is 22.8 Å². The molecule has 36 heavy (non-hydrogen) atoms. The zero-order chi connectivity index (χ0) is 25.4. The molecule has 5 rings (SSSR count). The van der Waals surface area contributed by atoms with E-state index in [4.69, 9.17) is 9.84 Å². The second-order valence-corrected chi connectivity index (χ2v) is 9.48. The number of imidazole rings is 1. The molecule has 1 N–H and O–H groups in total. The topological polar surface area (TPSA) is 74.0 Å². The Morgan fingerprint density at radius 1 is 1.00 bits per heavy atom. The molecule has 3 aromatic carbocycles. The number of aromatic nitrogens is 4. The lowest BCUT2D eigenvalue weighted by molar-refractivity contribution is 0.102. The van der Waals surface area contributed by atoms with Crippen molar-refractivity contribution in [3.63, 3.8) is 0 Å². The first-order valence-electron chi connectivity index (χ1n) is 11.5. The van der Waals surface area contributed by atoms with Gasteiger partial charge in [0.15, 0.2) is 0 Å². The van der Waals surface area contributed by atoms with Crippen molar-refractivity contribution in [3.8, 4) is 22.7 Å². The summed E-state index contributed by atoms with van der Waals surface area (Å²) in [6, 6.07) is 21.0. The van der Waals surface area contributed by atoms with Gasteiger partial charge in [0.25, 0.3) is 5.91 Å². The van der Waals surface area contributed by atoms with Gasteiger partial charge in [0.05, 0.1) is 35.1 Å². The third kappa shape index (κ3) is 4.45. The van der Waals surface area contributed by atoms with E-state index in [-0.39, 0.29) is 17.3 Å². The Balaban J connectivity index is 1.45. The van der Waals surface area contributed by atoms with E-state index in [0.29, 0.717) is 22.6 Å². The Hall–Kier alpha value is -4.46. The summed E-state index contributed by atoms with van der Waals surface area (Å²) in [5, 5.41) is 7.77. The average molecular weight is 484 g/mol. The molecule has 0 saturated heterocycles. The number of fused-ring (bicyclic) bond motifs is 1. The largest absolute Gasteiger partial charge is 0.497 e. The van der Waals surface area contributed by atoms with E-state index in [1.807, 2.05) is 61.9 Å². The van der Waals surface area contributed by atoms with Crippen LogP contribution in [0.3, 0.4) is 0 Å². The quantitative estimate of drug-likeness (QED) is 0.331. The van der Waals surface area contributed by atoms with Crippen LogP contribution < -0.4 is 10.1 Å². The van der Waals surface area contributed by atoms with E-state index >= 15 is 0 Å². The fraction of sp³-hybridized carbons (Fsp3) is 0.179. The molecule has 8 heteroatoms. The van der Waals surface area contributed by atoms with E-state index in [0.717, 1.165) is 22.5 Å². The number of rotatable bonds is 5. The normalized spacial score (nSPS) is 11.6. The van der Waals surface area contributed by atoms with Crippen molar-refractivity contribution in [3.05, 3.63) is 90.5 Å². The first-order chi connectivity index (χ1) is 17.2. The number of ether oxygens (including phenoxy) is 1. The second kappa shape index (κ2) is 8.96. The van der Waals surface area contributed by atoms with E-state index in [9.17, 15) is 9.18 Å². The smallest absolute Gasteiger partial charge is 0.256 e. The lowest BCUT2D eigenvalue weighted by atomic mass is 10.1. The van der Waals surface area contributed by atoms with Gasteiger partial charge in [-0.15, -0.1) is 0 Å². The van der Waals surface area contributed by atoms with E-state index in [1.165, 1.54) is 12.1 Å². The highest BCUT2D eigenvalue weighted by Gasteiger charge is 2.22. The molecule has 0 aliphatic carbocycles. The van der Waals surface area contributed by atoms with Crippen LogP contribution in [0.2, 0.25) is 0 Å². The SMILES string of the molecule is COc1ccc(-c2cc(NC(=O)c3ccc4c(c3)ncn4-c3cccc(F)c3)n(C(C)(C)C)n2)cc1. The molecule has 0 aliphatic rings. The van der Waals surface area contributed by atoms with Crippen LogP contribution in [-0.4, -0.2) is 32.3 Å². The molecule has 1 amide bonds. The molecule has 0 fully saturated rings. The third-order valence-electron chi connectivity index (χ3n) is 5.87. The van der Waals surface area contributed by atoms with Gasteiger partial charge in [0, 0.05) is 17.2 Å². The molecule has 0 unspecified atom stereocenters. The molecule has 182 valence electrons. The number of nitrogens with zero attached hydrogens (tertiary/aromatic N) is 4. The van der Waals surface area contributed by atoms with Crippen molar-refractivity contribution in [1.29, 1.82) is 0 Å². The average Bonchev–Trinajstić information content (AvgIpc) is 3.48. The maximum Gasteiger partial charge on any atom is 0.256 e. The van der Waals surface area contributed by atoms with Crippen molar-refractivity contribution in [2.75, 3.05) is 12.4 Å². The summed E-state index contributed by atoms with van der Waals surface area (Å²) < 4.78 is 22.5. The third-order valence-corrected chi connectivity index (χ3v) is 5.87. The van der Waals surface area contributed by atoms with Crippen molar-refractivity contribution in [1.82, 2.24) is 19.3 Å². The van der Waals surface area contributed by atoms with Crippen LogP contribution in [-0.2, 0) is 5.54 Å². The van der Waals surface area contributed by atoms with Gasteiger partial charge in [-0.25, -0.2) is 14.1 Å². The number of anilines is 1. The summed E-state index contributed by atoms with van der Waals surface area (Å²) in [5.74, 6) is 0.750. The summed E-state index contributed by atoms with van der Waals surface area (Å²) >= 11 is 0. The Labute approximate surface area is 208 Å². The number of halogens is 1. The lowest BCUT2D eigenvalue weighted by Gasteiger charge is -2.22. The highest BCUT2D eigenvalue weighted by atomic mass is 19.1. The molecule has 5 aromatic rings. The van der Waals surface area contributed by atoms with Crippen LogP contribution in [0.25, 0.3) is 28.0 Å². The summed E-state index contributed by atoms with van der Waals surface area (Å²) in [5.41, 5.74) is 3.83. The molecule has 7 nitrogen and oxygen atoms in total. The number of carbonyl (C=O) groups excluding carboxylic acids is 1. The molecular weight excluding hydrogens is 457 g/mol. The van der Waals surface area contributed by atoms with Gasteiger partial charge in [-0.3, -0.25) is 9.36 Å². The van der Waals surface area contributed by atoms with Crippen LogP contribution in [0.4, 0.5) is 10.2 Å². The fourth-order valence-corrected chi connectivity index (χ4v) is 4.06. The Morgan fingerprint density at radius 2 is 1.78 bits per heavy atom. The maximum atomic E-state index is 13.7. The van der Waals surface area contributed by atoms with Gasteiger partial charge in [-0.2, -0.15) is 5.10 Å². The standard InChI is InChI=1S/C28H26FN5O2/c1-28(2,3)34-26(16-23(32-34)18-8-11-22(36-4)12-9-18)31-27(35)19-10-13-25-24(14-19)30-17-33(25)21-7-5-6-20(29)15-21/h5-17H,1-4H3,(H,31,35). The van der Waals surface area contributed by atoms with Crippen molar-refractivity contribution in [2.45, 2.75) is 26.3 Å². The minimum absolute atomic E-state index is 0.274. The number of hydrogen-bond donors (Lipinski definition) is 1. The fourth-order valence-electron chi connectivity index (χ4n) is 4.06. The predicted octanol–water partition coefficient (Wildman–Crippen LogP) is 6.04. The summed E-state index contributed by atoms with van der Waals surface area (Å²) in [7, 11) is 1.63. The molecule has 2 heterocycles. The van der Waals surface area contributed by atoms with Crippen molar-refractivity contribution < 1.29 is 13.9 Å². The zero-order valence-electron chi connectivity index (χ0n) is 20.5. The van der Waals surface area contributed by atoms with Crippen LogP contribution >= 0.6 is 0 Å². The number of amides is 1. The van der Waals surface area contributed by atoms with Gasteiger partial charge in [-0.1, -0.05) is 6.07 Å². The van der Waals surface area contributed by atoms with E-state index in [2.05, 4.69) is 10.3 Å². The van der Waals surface area contributed by atoms with E-state index in [1.54, 1.807) is 42.3 Å². The molecule has 0 spiro atoms. The molecule has 0 aliphatic heterocycles. The molecule has 0 bridgehead atoms. The van der Waals surface area contributed by atoms with Gasteiger partial charge in [0.2, 0.25) is 0 Å². The zero-order valence-corrected chi connectivity index (χ0v) is 20.5. The van der Waals surface area contributed by atoms with Crippen LogP contribution in [0.1, 0.15) is 31.1 Å². The van der Waals surface area contributed by atoms with Crippen LogP contribution in [0.5, 0.6) is 5.75 Å². The van der Waals surface area contributed by atoms with Crippen LogP contribution in [0.15, 0.2) is 79.1 Å². The number of benzene rings is 3. The molecule has 2 aromatic heterocycles. The lowest BCUT2D eigenvalue weighted by Crippen LogP contribution is -2.26. The van der Waals surface area contributed by atoms with Gasteiger partial charge in [0.1, 0.15) is 23.7 Å². The minimum atomic E-state index is -0.360. The number of hydrogen-bond acceptors (Lipinski definition) is 4. The highest BCUT2D eigenvalue weighted by molar-refractivity contribution is 6.05. The highest BCUT2D eigenvalue weighted by Crippen LogP contribution is 2.29. The Bertz CT molecular complexity index is 1560. The maximum absolute atomic E-state index is 13.7. The summed E-state index contributed by atoms with van der Waals surface area (Å²) in [6.07, 6.45) is 1.62. The number of methoxy groups -OCH3 is 1. The van der Waals surface area contributed by atoms with Gasteiger partial charge >= 0.3 is 0 Å². The van der Waals surface area contributed by atoms with Crippen LogP contribution in [0, 0.1) is 5.82 Å². The monoisotopic (exact) mass is 483 g/mol. The summed E-state index contributed by atoms with van der Waals surface area (Å²) in [6.45, 7) is 6.08. The molecule has 0 saturated carbocycles. The predicted molar refractivity (Wildman–Crippen MR) is 138 cm³/mol. The second-order valence-electron chi connectivity index (χ2n) is 9.48. The van der Waals surface area contributed by atoms with E-state index < -0.39 is 0 Å². The van der Waals surface area contributed by atoms with Gasteiger partial charge < -0.3 is 10.1 Å². The number of nitrogens with one attached hydrogen (secondary N) is 1. The molecular formula is C28H26FN5O2. The molecule has 0 radical (unpaired) electrons.